The summed E-state index contributed by atoms with van der Waals surface area (Å²) in [7, 11) is 1.88. The van der Waals surface area contributed by atoms with E-state index < -0.39 is 11.7 Å². The van der Waals surface area contributed by atoms with Crippen molar-refractivity contribution in [2.45, 2.75) is 0 Å². The summed E-state index contributed by atoms with van der Waals surface area (Å²) in [5, 5.41) is 2.70. The van der Waals surface area contributed by atoms with E-state index in [9.17, 15) is 9.18 Å². The maximum atomic E-state index is 13.7. The third-order valence-electron chi connectivity index (χ3n) is 3.17. The number of carbonyl (C=O) groups excluding carboxylic acids is 1. The monoisotopic (exact) mass is 303 g/mol. The molecule has 6 heteroatoms. The molecule has 1 aromatic heterocycles. The van der Waals surface area contributed by atoms with Crippen LogP contribution in [0.2, 0.25) is 5.02 Å². The number of benzene rings is 2. The quantitative estimate of drug-likeness (QED) is 0.786. The second kappa shape index (κ2) is 5.18. The van der Waals surface area contributed by atoms with Crippen LogP contribution in [0, 0.1) is 5.82 Å². The highest BCUT2D eigenvalue weighted by Crippen LogP contribution is 2.22. The van der Waals surface area contributed by atoms with Crippen LogP contribution in [0.1, 0.15) is 10.4 Å². The van der Waals surface area contributed by atoms with E-state index in [1.54, 1.807) is 18.5 Å². The lowest BCUT2D eigenvalue weighted by atomic mass is 10.2. The molecule has 0 aliphatic rings. The molecule has 1 amide bonds. The fraction of sp³-hybridized carbons (Fsp3) is 0.0667. The van der Waals surface area contributed by atoms with Crippen molar-refractivity contribution >= 4 is 34.2 Å². The molecule has 1 heterocycles. The lowest BCUT2D eigenvalue weighted by Gasteiger charge is -2.08. The van der Waals surface area contributed by atoms with E-state index >= 15 is 0 Å². The molecule has 1 N–H and O–H groups in total. The maximum Gasteiger partial charge on any atom is 0.260 e. The summed E-state index contributed by atoms with van der Waals surface area (Å²) < 4.78 is 15.6. The topological polar surface area (TPSA) is 46.9 Å². The van der Waals surface area contributed by atoms with Gasteiger partial charge in [-0.25, -0.2) is 9.37 Å². The highest BCUT2D eigenvalue weighted by atomic mass is 35.5. The van der Waals surface area contributed by atoms with Crippen molar-refractivity contribution in [2.24, 2.45) is 7.05 Å². The number of fused-ring (bicyclic) bond motifs is 1. The van der Waals surface area contributed by atoms with Crippen LogP contribution in [-0.4, -0.2) is 15.5 Å². The van der Waals surface area contributed by atoms with Crippen LogP contribution in [0.25, 0.3) is 11.0 Å². The van der Waals surface area contributed by atoms with E-state index in [-0.39, 0.29) is 10.6 Å². The number of imidazole rings is 1. The third kappa shape index (κ3) is 2.48. The first-order chi connectivity index (χ1) is 10.1. The molecule has 2 aromatic carbocycles. The van der Waals surface area contributed by atoms with E-state index in [1.165, 1.54) is 18.2 Å². The zero-order valence-corrected chi connectivity index (χ0v) is 11.9. The second-order valence-corrected chi connectivity index (χ2v) is 5.02. The molecule has 0 aliphatic heterocycles. The zero-order valence-electron chi connectivity index (χ0n) is 11.1. The molecule has 0 saturated carbocycles. The molecule has 106 valence electrons. The molecular weight excluding hydrogens is 293 g/mol. The Balaban J connectivity index is 1.92. The first-order valence-corrected chi connectivity index (χ1v) is 6.60. The molecule has 0 aliphatic carbocycles. The van der Waals surface area contributed by atoms with Gasteiger partial charge < -0.3 is 9.88 Å². The van der Waals surface area contributed by atoms with Gasteiger partial charge in [0.15, 0.2) is 0 Å². The molecule has 0 saturated heterocycles. The number of rotatable bonds is 2. The van der Waals surface area contributed by atoms with Crippen molar-refractivity contribution < 1.29 is 9.18 Å². The Morgan fingerprint density at radius 2 is 2.14 bits per heavy atom. The zero-order chi connectivity index (χ0) is 15.0. The largest absolute Gasteiger partial charge is 0.334 e. The third-order valence-corrected chi connectivity index (χ3v) is 3.49. The summed E-state index contributed by atoms with van der Waals surface area (Å²) in [5.41, 5.74) is 2.05. The van der Waals surface area contributed by atoms with Gasteiger partial charge in [-0.1, -0.05) is 17.7 Å². The van der Waals surface area contributed by atoms with Crippen LogP contribution in [0.4, 0.5) is 10.1 Å². The van der Waals surface area contributed by atoms with Gasteiger partial charge in [0.1, 0.15) is 5.82 Å². The minimum Gasteiger partial charge on any atom is -0.334 e. The van der Waals surface area contributed by atoms with Crippen molar-refractivity contribution in [1.82, 2.24) is 9.55 Å². The number of hydrogen-bond acceptors (Lipinski definition) is 2. The van der Waals surface area contributed by atoms with E-state index in [1.807, 2.05) is 17.7 Å². The van der Waals surface area contributed by atoms with Gasteiger partial charge in [-0.3, -0.25) is 4.79 Å². The van der Waals surface area contributed by atoms with Gasteiger partial charge in [-0.05, 0) is 30.3 Å². The lowest BCUT2D eigenvalue weighted by Crippen LogP contribution is -2.14. The van der Waals surface area contributed by atoms with Gasteiger partial charge in [0.2, 0.25) is 0 Å². The number of aryl methyl sites for hydroxylation is 1. The average Bonchev–Trinajstić information content (AvgIpc) is 2.80. The molecule has 3 rings (SSSR count). The Bertz CT molecular complexity index is 824. The van der Waals surface area contributed by atoms with Crippen LogP contribution >= 0.6 is 11.6 Å². The number of amides is 1. The van der Waals surface area contributed by atoms with E-state index in [4.69, 9.17) is 11.6 Å². The molecule has 0 radical (unpaired) electrons. The Labute approximate surface area is 125 Å². The van der Waals surface area contributed by atoms with Gasteiger partial charge >= 0.3 is 0 Å². The fourth-order valence-electron chi connectivity index (χ4n) is 2.12. The highest BCUT2D eigenvalue weighted by molar-refractivity contribution is 6.34. The van der Waals surface area contributed by atoms with Crippen molar-refractivity contribution in [1.29, 1.82) is 0 Å². The van der Waals surface area contributed by atoms with Crippen molar-refractivity contribution in [3.63, 3.8) is 0 Å². The Morgan fingerprint density at radius 1 is 1.33 bits per heavy atom. The Morgan fingerprint density at radius 3 is 2.90 bits per heavy atom. The molecule has 0 atom stereocenters. The molecule has 0 bridgehead atoms. The molecular formula is C15H11ClFN3O. The van der Waals surface area contributed by atoms with E-state index in [2.05, 4.69) is 10.3 Å². The second-order valence-electron chi connectivity index (χ2n) is 4.61. The lowest BCUT2D eigenvalue weighted by molar-refractivity contribution is 0.102. The fourth-order valence-corrected chi connectivity index (χ4v) is 2.37. The SMILES string of the molecule is Cn1cnc2cc(NC(=O)c3c(F)cccc3Cl)ccc21. The minimum atomic E-state index is -0.654. The summed E-state index contributed by atoms with van der Waals surface area (Å²) in [6.45, 7) is 0. The average molecular weight is 304 g/mol. The number of nitrogens with one attached hydrogen (secondary N) is 1. The number of carbonyl (C=O) groups is 1. The van der Waals surface area contributed by atoms with Crippen LogP contribution in [0.3, 0.4) is 0 Å². The number of halogens is 2. The van der Waals surface area contributed by atoms with Gasteiger partial charge in [0.05, 0.1) is 27.9 Å². The molecule has 21 heavy (non-hydrogen) atoms. The van der Waals surface area contributed by atoms with Gasteiger partial charge in [-0.15, -0.1) is 0 Å². The summed E-state index contributed by atoms with van der Waals surface area (Å²) in [6, 6.07) is 9.41. The first kappa shape index (κ1) is 13.6. The van der Waals surface area contributed by atoms with Crippen LogP contribution < -0.4 is 5.32 Å². The van der Waals surface area contributed by atoms with Crippen molar-refractivity contribution in [2.75, 3.05) is 5.32 Å². The maximum absolute atomic E-state index is 13.7. The number of anilines is 1. The van der Waals surface area contributed by atoms with Gasteiger partial charge in [0.25, 0.3) is 5.91 Å². The molecule has 4 nitrogen and oxygen atoms in total. The number of hydrogen-bond donors (Lipinski definition) is 1. The van der Waals surface area contributed by atoms with Crippen LogP contribution in [-0.2, 0) is 7.05 Å². The Kier molecular flexibility index (Phi) is 3.35. The predicted octanol–water partition coefficient (Wildman–Crippen LogP) is 3.62. The Hall–Kier alpha value is -2.40. The summed E-state index contributed by atoms with van der Waals surface area (Å²) in [4.78, 5) is 16.3. The molecule has 3 aromatic rings. The molecule has 0 unspecified atom stereocenters. The molecule has 0 fully saturated rings. The number of nitrogens with zero attached hydrogens (tertiary/aromatic N) is 2. The predicted molar refractivity (Wildman–Crippen MR) is 80.1 cm³/mol. The summed E-state index contributed by atoms with van der Waals surface area (Å²) >= 11 is 5.87. The number of aromatic nitrogens is 2. The first-order valence-electron chi connectivity index (χ1n) is 6.22. The minimum absolute atomic E-state index is 0.0754. The van der Waals surface area contributed by atoms with Gasteiger partial charge in [-0.2, -0.15) is 0 Å². The van der Waals surface area contributed by atoms with Crippen molar-refractivity contribution in [3.8, 4) is 0 Å². The summed E-state index contributed by atoms with van der Waals surface area (Å²) in [6.07, 6.45) is 1.68. The van der Waals surface area contributed by atoms with Gasteiger partial charge in [0, 0.05) is 12.7 Å². The van der Waals surface area contributed by atoms with E-state index in [0.29, 0.717) is 5.69 Å². The molecule has 0 spiro atoms. The van der Waals surface area contributed by atoms with Crippen LogP contribution in [0.5, 0.6) is 0 Å². The standard InChI is InChI=1S/C15H11ClFN3O/c1-20-8-18-12-7-9(5-6-13(12)20)19-15(21)14-10(16)3-2-4-11(14)17/h2-8H,1H3,(H,19,21). The smallest absolute Gasteiger partial charge is 0.260 e. The van der Waals surface area contributed by atoms with E-state index in [0.717, 1.165) is 11.0 Å². The van der Waals surface area contributed by atoms with Crippen LogP contribution in [0.15, 0.2) is 42.7 Å². The normalized spacial score (nSPS) is 10.8. The van der Waals surface area contributed by atoms with Crippen molar-refractivity contribution in [3.05, 3.63) is 59.1 Å². The highest BCUT2D eigenvalue weighted by Gasteiger charge is 2.16. The summed E-state index contributed by atoms with van der Waals surface area (Å²) in [5.74, 6) is -1.24.